The molecular formula is C18H22Br2N6. The standard InChI is InChI=1S/C18H22Br2N6/c1-3-21-18-14(19)15(11-7-5-4-6-8-11)24-17-13(10-23-26(17)18)12-9-22-25(2)16(12)20/h9-11,21H,3-8H2,1-2H3. The maximum absolute atomic E-state index is 5.08. The van der Waals surface area contributed by atoms with Gasteiger partial charge >= 0.3 is 0 Å². The number of nitrogens with zero attached hydrogens (tertiary/aromatic N) is 5. The molecule has 0 spiro atoms. The topological polar surface area (TPSA) is 60.0 Å². The summed E-state index contributed by atoms with van der Waals surface area (Å²) in [4.78, 5) is 5.08. The molecule has 0 bridgehead atoms. The van der Waals surface area contributed by atoms with Crippen LogP contribution >= 0.6 is 31.9 Å². The average Bonchev–Trinajstić information content (AvgIpc) is 3.21. The molecule has 3 aromatic rings. The van der Waals surface area contributed by atoms with E-state index in [9.17, 15) is 0 Å². The van der Waals surface area contributed by atoms with Crippen molar-refractivity contribution >= 4 is 43.3 Å². The lowest BCUT2D eigenvalue weighted by molar-refractivity contribution is 0.435. The first kappa shape index (κ1) is 18.0. The average molecular weight is 482 g/mol. The Morgan fingerprint density at radius 2 is 1.85 bits per heavy atom. The van der Waals surface area contributed by atoms with Gasteiger partial charge in [0.15, 0.2) is 5.65 Å². The molecule has 0 saturated heterocycles. The number of aromatic nitrogens is 5. The molecular weight excluding hydrogens is 460 g/mol. The van der Waals surface area contributed by atoms with Crippen molar-refractivity contribution in [1.82, 2.24) is 24.4 Å². The van der Waals surface area contributed by atoms with Crippen molar-refractivity contribution in [3.8, 4) is 11.1 Å². The van der Waals surface area contributed by atoms with Crippen molar-refractivity contribution in [1.29, 1.82) is 0 Å². The van der Waals surface area contributed by atoms with Crippen LogP contribution in [-0.2, 0) is 7.05 Å². The fraction of sp³-hybridized carbons (Fsp3) is 0.500. The van der Waals surface area contributed by atoms with E-state index in [-0.39, 0.29) is 0 Å². The van der Waals surface area contributed by atoms with Crippen LogP contribution in [0.1, 0.15) is 50.6 Å². The molecule has 8 heteroatoms. The third-order valence-corrected chi connectivity index (χ3v) is 6.83. The molecule has 0 atom stereocenters. The van der Waals surface area contributed by atoms with E-state index < -0.39 is 0 Å². The van der Waals surface area contributed by atoms with Gasteiger partial charge in [0, 0.05) is 25.1 Å². The van der Waals surface area contributed by atoms with Crippen molar-refractivity contribution in [2.45, 2.75) is 44.9 Å². The van der Waals surface area contributed by atoms with Crippen LogP contribution in [0.3, 0.4) is 0 Å². The fourth-order valence-corrected chi connectivity index (χ4v) is 4.88. The molecule has 1 N–H and O–H groups in total. The van der Waals surface area contributed by atoms with E-state index in [1.54, 1.807) is 0 Å². The van der Waals surface area contributed by atoms with Crippen LogP contribution in [0.5, 0.6) is 0 Å². The minimum Gasteiger partial charge on any atom is -0.369 e. The molecule has 0 unspecified atom stereocenters. The molecule has 0 aromatic carbocycles. The zero-order valence-electron chi connectivity index (χ0n) is 15.0. The summed E-state index contributed by atoms with van der Waals surface area (Å²) in [5, 5.41) is 12.4. The van der Waals surface area contributed by atoms with Crippen molar-refractivity contribution in [2.24, 2.45) is 7.05 Å². The smallest absolute Gasteiger partial charge is 0.165 e. The first-order chi connectivity index (χ1) is 12.6. The minimum atomic E-state index is 0.501. The van der Waals surface area contributed by atoms with Gasteiger partial charge in [-0.2, -0.15) is 14.7 Å². The Hall–Kier alpha value is -1.41. The summed E-state index contributed by atoms with van der Waals surface area (Å²) >= 11 is 7.44. The third-order valence-electron chi connectivity index (χ3n) is 5.11. The maximum atomic E-state index is 5.08. The number of hydrogen-bond acceptors (Lipinski definition) is 4. The highest BCUT2D eigenvalue weighted by atomic mass is 79.9. The zero-order valence-corrected chi connectivity index (χ0v) is 18.1. The number of halogens is 2. The minimum absolute atomic E-state index is 0.501. The Kier molecular flexibility index (Phi) is 5.05. The Morgan fingerprint density at radius 1 is 1.12 bits per heavy atom. The summed E-state index contributed by atoms with van der Waals surface area (Å²) in [5.74, 6) is 1.48. The summed E-state index contributed by atoms with van der Waals surface area (Å²) in [5.41, 5.74) is 4.02. The van der Waals surface area contributed by atoms with Crippen LogP contribution in [0.4, 0.5) is 5.82 Å². The molecule has 0 amide bonds. The van der Waals surface area contributed by atoms with Gasteiger partial charge in [-0.3, -0.25) is 4.68 Å². The van der Waals surface area contributed by atoms with Gasteiger partial charge in [0.05, 0.1) is 28.1 Å². The predicted molar refractivity (Wildman–Crippen MR) is 111 cm³/mol. The molecule has 1 saturated carbocycles. The third kappa shape index (κ3) is 2.97. The number of hydrogen-bond donors (Lipinski definition) is 1. The molecule has 3 aromatic heterocycles. The van der Waals surface area contributed by atoms with E-state index in [4.69, 9.17) is 4.98 Å². The van der Waals surface area contributed by atoms with Gasteiger partial charge in [-0.1, -0.05) is 19.3 Å². The Bertz CT molecular complexity index is 939. The number of fused-ring (bicyclic) bond motifs is 1. The van der Waals surface area contributed by atoms with Gasteiger partial charge in [0.25, 0.3) is 0 Å². The van der Waals surface area contributed by atoms with Gasteiger partial charge in [-0.15, -0.1) is 0 Å². The normalized spacial score (nSPS) is 15.7. The summed E-state index contributed by atoms with van der Waals surface area (Å²) < 4.78 is 5.68. The number of aryl methyl sites for hydroxylation is 1. The summed E-state index contributed by atoms with van der Waals surface area (Å²) in [7, 11) is 1.92. The Morgan fingerprint density at radius 3 is 2.50 bits per heavy atom. The highest BCUT2D eigenvalue weighted by molar-refractivity contribution is 9.11. The molecule has 26 heavy (non-hydrogen) atoms. The largest absolute Gasteiger partial charge is 0.369 e. The molecule has 0 aliphatic heterocycles. The van der Waals surface area contributed by atoms with E-state index in [0.29, 0.717) is 5.92 Å². The molecule has 6 nitrogen and oxygen atoms in total. The van der Waals surface area contributed by atoms with Crippen LogP contribution in [0, 0.1) is 0 Å². The summed E-state index contributed by atoms with van der Waals surface area (Å²) in [6.45, 7) is 2.93. The van der Waals surface area contributed by atoms with Crippen LogP contribution in [-0.4, -0.2) is 30.9 Å². The van der Waals surface area contributed by atoms with Crippen molar-refractivity contribution in [2.75, 3.05) is 11.9 Å². The second kappa shape index (κ2) is 7.31. The molecule has 1 aliphatic carbocycles. The summed E-state index contributed by atoms with van der Waals surface area (Å²) in [6.07, 6.45) is 10.0. The SMILES string of the molecule is CCNc1c(Br)c(C2CCCCC2)nc2c(-c3cnn(C)c3Br)cnn12. The second-order valence-electron chi connectivity index (χ2n) is 6.79. The van der Waals surface area contributed by atoms with E-state index in [0.717, 1.165) is 43.9 Å². The zero-order chi connectivity index (χ0) is 18.3. The quantitative estimate of drug-likeness (QED) is 0.560. The second-order valence-corrected chi connectivity index (χ2v) is 8.34. The fourth-order valence-electron chi connectivity index (χ4n) is 3.75. The van der Waals surface area contributed by atoms with E-state index in [2.05, 4.69) is 54.3 Å². The van der Waals surface area contributed by atoms with E-state index in [1.807, 2.05) is 28.6 Å². The van der Waals surface area contributed by atoms with Gasteiger partial charge in [-0.05, 0) is 51.6 Å². The van der Waals surface area contributed by atoms with E-state index >= 15 is 0 Å². The molecule has 3 heterocycles. The predicted octanol–water partition coefficient (Wildman–Crippen LogP) is 5.13. The van der Waals surface area contributed by atoms with Crippen molar-refractivity contribution in [3.63, 3.8) is 0 Å². The van der Waals surface area contributed by atoms with Crippen LogP contribution in [0.25, 0.3) is 16.8 Å². The number of rotatable bonds is 4. The van der Waals surface area contributed by atoms with Crippen molar-refractivity contribution < 1.29 is 0 Å². The number of nitrogens with one attached hydrogen (secondary N) is 1. The highest BCUT2D eigenvalue weighted by Gasteiger charge is 2.25. The molecule has 138 valence electrons. The monoisotopic (exact) mass is 480 g/mol. The first-order valence-corrected chi connectivity index (χ1v) is 10.7. The van der Waals surface area contributed by atoms with Gasteiger partial charge in [-0.25, -0.2) is 4.98 Å². The van der Waals surface area contributed by atoms with Gasteiger partial charge in [0.1, 0.15) is 10.4 Å². The summed E-state index contributed by atoms with van der Waals surface area (Å²) in [6, 6.07) is 0. The Balaban J connectivity index is 1.93. The van der Waals surface area contributed by atoms with Crippen LogP contribution < -0.4 is 5.32 Å². The van der Waals surface area contributed by atoms with Crippen molar-refractivity contribution in [3.05, 3.63) is 27.2 Å². The molecule has 0 radical (unpaired) electrons. The lowest BCUT2D eigenvalue weighted by Crippen LogP contribution is -2.13. The lowest BCUT2D eigenvalue weighted by Gasteiger charge is -2.23. The first-order valence-electron chi connectivity index (χ1n) is 9.10. The Labute approximate surface area is 169 Å². The lowest BCUT2D eigenvalue weighted by atomic mass is 9.87. The van der Waals surface area contributed by atoms with E-state index in [1.165, 1.54) is 32.1 Å². The number of anilines is 1. The van der Waals surface area contributed by atoms with Crippen LogP contribution in [0.15, 0.2) is 21.5 Å². The molecule has 4 rings (SSSR count). The molecule has 1 aliphatic rings. The maximum Gasteiger partial charge on any atom is 0.165 e. The van der Waals surface area contributed by atoms with Gasteiger partial charge < -0.3 is 5.32 Å². The highest BCUT2D eigenvalue weighted by Crippen LogP contribution is 2.40. The van der Waals surface area contributed by atoms with Crippen LogP contribution in [0.2, 0.25) is 0 Å². The van der Waals surface area contributed by atoms with Gasteiger partial charge in [0.2, 0.25) is 0 Å². The molecule has 1 fully saturated rings.